The van der Waals surface area contributed by atoms with E-state index in [2.05, 4.69) is 10.3 Å². The summed E-state index contributed by atoms with van der Waals surface area (Å²) < 4.78 is 66.0. The second-order valence-corrected chi connectivity index (χ2v) is 7.67. The summed E-state index contributed by atoms with van der Waals surface area (Å²) in [4.78, 5) is 39.1. The number of anilines is 1. The number of nitrogens with zero attached hydrogens (tertiary/aromatic N) is 1. The van der Waals surface area contributed by atoms with Gasteiger partial charge in [0.25, 0.3) is 0 Å². The molecule has 0 unspecified atom stereocenters. The van der Waals surface area contributed by atoms with Crippen LogP contribution in [-0.4, -0.2) is 27.8 Å². The van der Waals surface area contributed by atoms with Gasteiger partial charge in [0.05, 0.1) is 17.7 Å². The summed E-state index contributed by atoms with van der Waals surface area (Å²) in [6.07, 6.45) is -5.56. The molecule has 32 heavy (non-hydrogen) atoms. The van der Waals surface area contributed by atoms with Gasteiger partial charge in [-0.3, -0.25) is 4.79 Å². The van der Waals surface area contributed by atoms with E-state index in [1.807, 2.05) is 0 Å². The van der Waals surface area contributed by atoms with Gasteiger partial charge in [0.15, 0.2) is 22.3 Å². The molecule has 8 nitrogen and oxygen atoms in total. The molecule has 0 saturated carbocycles. The lowest BCUT2D eigenvalue weighted by molar-refractivity contribution is -0.606. The van der Waals surface area contributed by atoms with Crippen molar-refractivity contribution in [1.29, 1.82) is 0 Å². The maximum Gasteiger partial charge on any atom is 0.521 e. The van der Waals surface area contributed by atoms with Crippen LogP contribution in [-0.2, 0) is 15.8 Å². The van der Waals surface area contributed by atoms with Crippen molar-refractivity contribution >= 4 is 51.5 Å². The zero-order chi connectivity index (χ0) is 23.8. The molecule has 0 radical (unpaired) electrons. The highest BCUT2D eigenvalue weighted by Crippen LogP contribution is 2.36. The number of hydrogen-bond acceptors (Lipinski definition) is 7. The Morgan fingerprint density at radius 1 is 1.19 bits per heavy atom. The Bertz CT molecular complexity index is 1170. The SMILES string of the molecule is NC(CC(=O)Nc1nc(-c2ccc(C(F)(F)F)c(F)c2F)cs1)=C1C(=O)[NH2+]C(=O)[NH2+]C1=S. The summed E-state index contributed by atoms with van der Waals surface area (Å²) >= 11 is 5.72. The molecule has 4 amide bonds. The number of urea groups is 1. The molecular weight excluding hydrogens is 481 g/mol. The average Bonchev–Trinajstić information content (AvgIpc) is 3.09. The van der Waals surface area contributed by atoms with E-state index >= 15 is 0 Å². The Labute approximate surface area is 184 Å². The number of alkyl halides is 3. The van der Waals surface area contributed by atoms with E-state index in [1.165, 1.54) is 5.38 Å². The first-order valence-corrected chi connectivity index (χ1v) is 9.79. The molecule has 7 N–H and O–H groups in total. The molecule has 2 heterocycles. The molecule has 1 aromatic carbocycles. The lowest BCUT2D eigenvalue weighted by Crippen LogP contribution is -3.16. The number of carbonyl (C=O) groups is 3. The van der Waals surface area contributed by atoms with Crippen molar-refractivity contribution in [3.8, 4) is 11.3 Å². The van der Waals surface area contributed by atoms with Crippen LogP contribution < -0.4 is 21.7 Å². The highest BCUT2D eigenvalue weighted by Gasteiger charge is 2.38. The normalized spacial score (nSPS) is 16.3. The highest BCUT2D eigenvalue weighted by molar-refractivity contribution is 7.80. The van der Waals surface area contributed by atoms with Gasteiger partial charge in [0, 0.05) is 16.6 Å². The summed E-state index contributed by atoms with van der Waals surface area (Å²) in [6.45, 7) is 0. The zero-order valence-corrected chi connectivity index (χ0v) is 17.2. The maximum absolute atomic E-state index is 14.1. The summed E-state index contributed by atoms with van der Waals surface area (Å²) in [5.41, 5.74) is 2.95. The molecule has 1 saturated heterocycles. The second-order valence-electron chi connectivity index (χ2n) is 6.37. The van der Waals surface area contributed by atoms with Crippen molar-refractivity contribution in [2.75, 3.05) is 5.32 Å². The van der Waals surface area contributed by atoms with Crippen LogP contribution >= 0.6 is 23.6 Å². The number of halogens is 5. The third kappa shape index (κ3) is 4.85. The summed E-state index contributed by atoms with van der Waals surface area (Å²) in [6, 6.07) is 0.526. The molecule has 1 aliphatic heterocycles. The number of rotatable bonds is 4. The van der Waals surface area contributed by atoms with E-state index in [4.69, 9.17) is 18.0 Å². The number of thiocarbonyl (C=S) groups is 1. The molecule has 15 heteroatoms. The molecule has 168 valence electrons. The van der Waals surface area contributed by atoms with Crippen molar-refractivity contribution in [2.24, 2.45) is 5.73 Å². The zero-order valence-electron chi connectivity index (χ0n) is 15.5. The Kier molecular flexibility index (Phi) is 6.45. The molecule has 0 bridgehead atoms. The number of aromatic nitrogens is 1. The minimum Gasteiger partial charge on any atom is -0.401 e. The van der Waals surface area contributed by atoms with Crippen LogP contribution in [0.4, 0.5) is 31.9 Å². The number of benzene rings is 1. The van der Waals surface area contributed by atoms with E-state index in [0.29, 0.717) is 6.07 Å². The fourth-order valence-corrected chi connectivity index (χ4v) is 3.80. The van der Waals surface area contributed by atoms with Gasteiger partial charge >= 0.3 is 18.1 Å². The maximum atomic E-state index is 14.1. The molecule has 1 aromatic heterocycles. The van der Waals surface area contributed by atoms with Gasteiger partial charge in [0.2, 0.25) is 10.9 Å². The van der Waals surface area contributed by atoms with E-state index in [0.717, 1.165) is 28.0 Å². The number of imide groups is 1. The van der Waals surface area contributed by atoms with Gasteiger partial charge in [-0.15, -0.1) is 11.3 Å². The van der Waals surface area contributed by atoms with Crippen LogP contribution in [0.3, 0.4) is 0 Å². The Hall–Kier alpha value is -3.14. The number of carbonyl (C=O) groups excluding carboxylic acids is 3. The Morgan fingerprint density at radius 3 is 2.50 bits per heavy atom. The number of thiazole rings is 1. The first kappa shape index (κ1) is 23.5. The Morgan fingerprint density at radius 2 is 1.88 bits per heavy atom. The third-order valence-corrected chi connectivity index (χ3v) is 5.21. The lowest BCUT2D eigenvalue weighted by atomic mass is 10.1. The van der Waals surface area contributed by atoms with Crippen LogP contribution in [0, 0.1) is 11.6 Å². The fraction of sp³-hybridized carbons (Fsp3) is 0.118. The number of amides is 4. The van der Waals surface area contributed by atoms with Gasteiger partial charge in [-0.05, 0) is 24.4 Å². The van der Waals surface area contributed by atoms with E-state index in [1.54, 1.807) is 0 Å². The Balaban J connectivity index is 1.76. The quantitative estimate of drug-likeness (QED) is 0.282. The molecule has 1 aliphatic rings. The van der Waals surface area contributed by atoms with Crippen LogP contribution in [0.1, 0.15) is 12.0 Å². The van der Waals surface area contributed by atoms with Crippen molar-refractivity contribution in [2.45, 2.75) is 12.6 Å². The molecular formula is C17H12F5N5O3S2+2. The molecule has 2 aromatic rings. The smallest absolute Gasteiger partial charge is 0.401 e. The lowest BCUT2D eigenvalue weighted by Gasteiger charge is -2.10. The molecule has 3 rings (SSSR count). The van der Waals surface area contributed by atoms with Crippen LogP contribution in [0.15, 0.2) is 28.8 Å². The van der Waals surface area contributed by atoms with Crippen molar-refractivity contribution in [3.63, 3.8) is 0 Å². The number of hydrogen-bond donors (Lipinski definition) is 4. The van der Waals surface area contributed by atoms with E-state index in [-0.39, 0.29) is 27.1 Å². The van der Waals surface area contributed by atoms with Crippen molar-refractivity contribution in [3.05, 3.63) is 46.0 Å². The van der Waals surface area contributed by atoms with E-state index in [9.17, 15) is 36.3 Å². The fourth-order valence-electron chi connectivity index (χ4n) is 2.73. The third-order valence-electron chi connectivity index (χ3n) is 4.13. The number of nitrogens with two attached hydrogens (primary N) is 3. The predicted molar refractivity (Wildman–Crippen MR) is 104 cm³/mol. The van der Waals surface area contributed by atoms with Gasteiger partial charge in [0.1, 0.15) is 0 Å². The topological polar surface area (TPSA) is 135 Å². The van der Waals surface area contributed by atoms with E-state index < -0.39 is 53.2 Å². The van der Waals surface area contributed by atoms with Crippen molar-refractivity contribution in [1.82, 2.24) is 4.98 Å². The average molecular weight is 493 g/mol. The highest BCUT2D eigenvalue weighted by atomic mass is 32.1. The van der Waals surface area contributed by atoms with Gasteiger partial charge in [-0.2, -0.15) is 28.6 Å². The van der Waals surface area contributed by atoms with Crippen LogP contribution in [0.5, 0.6) is 0 Å². The number of primary amides is 3. The number of nitrogens with one attached hydrogen (secondary N) is 1. The minimum atomic E-state index is -5.07. The van der Waals surface area contributed by atoms with Crippen LogP contribution in [0.25, 0.3) is 11.3 Å². The first-order chi connectivity index (χ1) is 14.9. The number of quaternary nitrogens is 2. The molecule has 0 atom stereocenters. The summed E-state index contributed by atoms with van der Waals surface area (Å²) in [7, 11) is 0. The standard InChI is InChI=1S/C17H10F5N5O3S2/c18-11-5(1-2-6(12(11)19)17(20,21)22)8-4-32-16(24-8)25-9(28)3-7(23)10-13(29)26-15(30)27-14(10)31/h1-2,4H,3,23H2,(H,24,25,28)(H2,26,27,29,30,31)/p+2. The van der Waals surface area contributed by atoms with Gasteiger partial charge in [-0.1, -0.05) is 0 Å². The summed E-state index contributed by atoms with van der Waals surface area (Å²) in [5, 5.41) is 5.25. The first-order valence-electron chi connectivity index (χ1n) is 8.50. The predicted octanol–water partition coefficient (Wildman–Crippen LogP) is 0.763. The van der Waals surface area contributed by atoms with Crippen molar-refractivity contribution < 1.29 is 47.0 Å². The van der Waals surface area contributed by atoms with Gasteiger partial charge < -0.3 is 11.1 Å². The largest absolute Gasteiger partial charge is 0.521 e. The molecule has 0 spiro atoms. The molecule has 1 fully saturated rings. The molecule has 0 aliphatic carbocycles. The van der Waals surface area contributed by atoms with Crippen LogP contribution in [0.2, 0.25) is 0 Å². The minimum absolute atomic E-state index is 0.0756. The van der Waals surface area contributed by atoms with Gasteiger partial charge in [-0.25, -0.2) is 18.6 Å². The summed E-state index contributed by atoms with van der Waals surface area (Å²) in [5.74, 6) is -5.26. The monoisotopic (exact) mass is 493 g/mol. The second kappa shape index (κ2) is 8.78.